The summed E-state index contributed by atoms with van der Waals surface area (Å²) in [5.41, 5.74) is 0.760. The SMILES string of the molecule is CCC(CC)c1n[nH]c(=S)n1/N=C\c1cc(Cl)c(OCC(C)C)c(Cl)c1. The number of nitrogens with zero attached hydrogens (tertiary/aromatic N) is 3. The van der Waals surface area contributed by atoms with Crippen LogP contribution in [0.2, 0.25) is 10.0 Å². The highest BCUT2D eigenvalue weighted by Crippen LogP contribution is 2.34. The number of hydrogen-bond acceptors (Lipinski definition) is 4. The van der Waals surface area contributed by atoms with Crippen LogP contribution in [0.4, 0.5) is 0 Å². The lowest BCUT2D eigenvalue weighted by molar-refractivity contribution is 0.271. The van der Waals surface area contributed by atoms with Gasteiger partial charge in [0.1, 0.15) is 0 Å². The monoisotopic (exact) mass is 414 g/mol. The molecule has 0 aliphatic rings. The Hall–Kier alpha value is -1.37. The number of hydrogen-bond donors (Lipinski definition) is 1. The van der Waals surface area contributed by atoms with Gasteiger partial charge in [0.15, 0.2) is 11.6 Å². The third kappa shape index (κ3) is 5.09. The fourth-order valence-corrected chi connectivity index (χ4v) is 3.30. The Morgan fingerprint density at radius 2 is 1.88 bits per heavy atom. The highest BCUT2D eigenvalue weighted by molar-refractivity contribution is 7.71. The van der Waals surface area contributed by atoms with Crippen molar-refractivity contribution in [3.8, 4) is 5.75 Å². The minimum Gasteiger partial charge on any atom is -0.490 e. The van der Waals surface area contributed by atoms with Gasteiger partial charge in [0.2, 0.25) is 4.77 Å². The van der Waals surface area contributed by atoms with Crippen LogP contribution in [-0.2, 0) is 0 Å². The number of benzene rings is 1. The molecule has 8 heteroatoms. The molecule has 0 amide bonds. The lowest BCUT2D eigenvalue weighted by Gasteiger charge is -2.12. The van der Waals surface area contributed by atoms with Gasteiger partial charge >= 0.3 is 0 Å². The van der Waals surface area contributed by atoms with E-state index in [9.17, 15) is 0 Å². The molecule has 2 rings (SSSR count). The molecule has 1 aromatic carbocycles. The lowest BCUT2D eigenvalue weighted by atomic mass is 10.0. The largest absolute Gasteiger partial charge is 0.490 e. The molecule has 0 saturated carbocycles. The second-order valence-corrected chi connectivity index (χ2v) is 7.68. The van der Waals surface area contributed by atoms with Gasteiger partial charge in [-0.2, -0.15) is 14.9 Å². The number of aromatic amines is 1. The first-order valence-electron chi connectivity index (χ1n) is 8.70. The summed E-state index contributed by atoms with van der Waals surface area (Å²) in [6.45, 7) is 8.92. The number of ether oxygens (including phenoxy) is 1. The Morgan fingerprint density at radius 1 is 1.27 bits per heavy atom. The summed E-state index contributed by atoms with van der Waals surface area (Å²) in [7, 11) is 0. The molecule has 0 aliphatic carbocycles. The van der Waals surface area contributed by atoms with Crippen molar-refractivity contribution in [2.24, 2.45) is 11.0 Å². The molecule has 5 nitrogen and oxygen atoms in total. The van der Waals surface area contributed by atoms with Crippen molar-refractivity contribution in [3.63, 3.8) is 0 Å². The fraction of sp³-hybridized carbons (Fsp3) is 0.500. The highest BCUT2D eigenvalue weighted by Gasteiger charge is 2.15. The zero-order valence-electron chi connectivity index (χ0n) is 15.4. The Labute approximate surface area is 169 Å². The first-order valence-corrected chi connectivity index (χ1v) is 9.87. The molecule has 26 heavy (non-hydrogen) atoms. The Bertz CT molecular complexity index is 802. The number of rotatable bonds is 8. The highest BCUT2D eigenvalue weighted by atomic mass is 35.5. The zero-order valence-corrected chi connectivity index (χ0v) is 17.8. The second kappa shape index (κ2) is 9.53. The minimum absolute atomic E-state index is 0.291. The van der Waals surface area contributed by atoms with Crippen LogP contribution in [0.1, 0.15) is 57.8 Å². The van der Waals surface area contributed by atoms with E-state index in [1.807, 2.05) is 0 Å². The van der Waals surface area contributed by atoms with Crippen LogP contribution < -0.4 is 4.74 Å². The number of halogens is 2. The molecule has 0 aliphatic heterocycles. The smallest absolute Gasteiger partial charge is 0.216 e. The average Bonchev–Trinajstić information content (AvgIpc) is 2.94. The van der Waals surface area contributed by atoms with E-state index in [2.05, 4.69) is 43.0 Å². The molecular weight excluding hydrogens is 391 g/mol. The Kier molecular flexibility index (Phi) is 7.68. The minimum atomic E-state index is 0.291. The standard InChI is InChI=1S/C18H24Cl2N4OS/c1-5-13(6-2)17-22-23-18(26)24(17)21-9-12-7-14(19)16(15(20)8-12)25-10-11(3)4/h7-9,11,13H,5-6,10H2,1-4H3,(H,23,26)/b21-9-. The summed E-state index contributed by atoms with van der Waals surface area (Å²) in [5, 5.41) is 12.5. The van der Waals surface area contributed by atoms with Crippen molar-refractivity contribution in [3.05, 3.63) is 38.3 Å². The topological polar surface area (TPSA) is 55.2 Å². The van der Waals surface area contributed by atoms with E-state index in [4.69, 9.17) is 40.2 Å². The molecule has 0 atom stereocenters. The van der Waals surface area contributed by atoms with Gasteiger partial charge in [0.05, 0.1) is 22.9 Å². The summed E-state index contributed by atoms with van der Waals surface area (Å²) < 4.78 is 7.79. The molecule has 2 aromatic rings. The van der Waals surface area contributed by atoms with E-state index in [1.165, 1.54) is 0 Å². The molecule has 0 fully saturated rings. The van der Waals surface area contributed by atoms with Gasteiger partial charge in [0, 0.05) is 5.92 Å². The van der Waals surface area contributed by atoms with E-state index in [0.29, 0.717) is 39.0 Å². The lowest BCUT2D eigenvalue weighted by Crippen LogP contribution is -2.06. The van der Waals surface area contributed by atoms with Gasteiger partial charge in [-0.15, -0.1) is 0 Å². The molecule has 1 N–H and O–H groups in total. The molecule has 1 aromatic heterocycles. The molecule has 142 valence electrons. The first kappa shape index (κ1) is 20.9. The maximum atomic E-state index is 6.32. The normalized spacial score (nSPS) is 11.8. The summed E-state index contributed by atoms with van der Waals surface area (Å²) >= 11 is 17.9. The van der Waals surface area contributed by atoms with Gasteiger partial charge in [0.25, 0.3) is 0 Å². The predicted octanol–water partition coefficient (Wildman–Crippen LogP) is 6.07. The second-order valence-electron chi connectivity index (χ2n) is 6.48. The fourth-order valence-electron chi connectivity index (χ4n) is 2.50. The maximum Gasteiger partial charge on any atom is 0.216 e. The average molecular weight is 415 g/mol. The van der Waals surface area contributed by atoms with E-state index < -0.39 is 0 Å². The van der Waals surface area contributed by atoms with Crippen molar-refractivity contribution in [2.75, 3.05) is 6.61 Å². The molecular formula is C18H24Cl2N4OS. The van der Waals surface area contributed by atoms with Crippen molar-refractivity contribution in [2.45, 2.75) is 46.5 Å². The Balaban J connectivity index is 2.29. The van der Waals surface area contributed by atoms with E-state index in [1.54, 1.807) is 23.0 Å². The molecule has 0 saturated heterocycles. The van der Waals surface area contributed by atoms with E-state index in [-0.39, 0.29) is 0 Å². The van der Waals surface area contributed by atoms with Crippen molar-refractivity contribution >= 4 is 41.6 Å². The molecule has 1 heterocycles. The molecule has 0 unspecified atom stereocenters. The summed E-state index contributed by atoms with van der Waals surface area (Å²) in [5.74, 6) is 2.00. The number of aromatic nitrogens is 3. The summed E-state index contributed by atoms with van der Waals surface area (Å²) in [4.78, 5) is 0. The quantitative estimate of drug-likeness (QED) is 0.421. The molecule has 0 spiro atoms. The first-order chi connectivity index (χ1) is 12.4. The van der Waals surface area contributed by atoms with Crippen LogP contribution in [-0.4, -0.2) is 27.7 Å². The zero-order chi connectivity index (χ0) is 19.3. The van der Waals surface area contributed by atoms with Gasteiger partial charge in [-0.25, -0.2) is 0 Å². The van der Waals surface area contributed by atoms with Crippen molar-refractivity contribution in [1.82, 2.24) is 14.9 Å². The summed E-state index contributed by atoms with van der Waals surface area (Å²) in [6, 6.07) is 3.54. The van der Waals surface area contributed by atoms with Gasteiger partial charge in [-0.3, -0.25) is 5.10 Å². The van der Waals surface area contributed by atoms with Crippen LogP contribution in [0.5, 0.6) is 5.75 Å². The van der Waals surface area contributed by atoms with E-state index >= 15 is 0 Å². The van der Waals surface area contributed by atoms with Crippen LogP contribution in [0.15, 0.2) is 17.2 Å². The van der Waals surface area contributed by atoms with Gasteiger partial charge < -0.3 is 4.74 Å². The molecule has 0 radical (unpaired) electrons. The molecule has 0 bridgehead atoms. The summed E-state index contributed by atoms with van der Waals surface area (Å²) in [6.07, 6.45) is 3.59. The van der Waals surface area contributed by atoms with Crippen molar-refractivity contribution in [1.29, 1.82) is 0 Å². The van der Waals surface area contributed by atoms with Crippen LogP contribution in [0.3, 0.4) is 0 Å². The predicted molar refractivity (Wildman–Crippen MR) is 111 cm³/mol. The van der Waals surface area contributed by atoms with Gasteiger partial charge in [-0.05, 0) is 48.7 Å². The third-order valence-corrected chi connectivity index (χ3v) is 4.76. The maximum absolute atomic E-state index is 6.32. The van der Waals surface area contributed by atoms with E-state index in [0.717, 1.165) is 24.2 Å². The third-order valence-electron chi connectivity index (χ3n) is 3.93. The van der Waals surface area contributed by atoms with Crippen molar-refractivity contribution < 1.29 is 4.74 Å². The van der Waals surface area contributed by atoms with Gasteiger partial charge in [-0.1, -0.05) is 50.9 Å². The number of nitrogens with one attached hydrogen (secondary N) is 1. The van der Waals surface area contributed by atoms with Crippen LogP contribution >= 0.6 is 35.4 Å². The van der Waals surface area contributed by atoms with Crippen LogP contribution in [0, 0.1) is 10.7 Å². The number of H-pyrrole nitrogens is 1. The van der Waals surface area contributed by atoms with Crippen LogP contribution in [0.25, 0.3) is 0 Å². The Morgan fingerprint density at radius 3 is 2.42 bits per heavy atom.